The number of aromatic nitrogens is 2. The smallest absolute Gasteiger partial charge is 0.307 e. The normalized spacial score (nSPS) is 22.3. The fourth-order valence-electron chi connectivity index (χ4n) is 3.47. The third-order valence-electron chi connectivity index (χ3n) is 4.37. The first-order valence-corrected chi connectivity index (χ1v) is 7.77. The molecule has 1 fully saturated rings. The van der Waals surface area contributed by atoms with Crippen molar-refractivity contribution in [3.63, 3.8) is 0 Å². The molecule has 2 unspecified atom stereocenters. The van der Waals surface area contributed by atoms with Gasteiger partial charge in [-0.15, -0.1) is 0 Å². The third-order valence-corrected chi connectivity index (χ3v) is 4.67. The number of carboxylic acid groups (broad SMARTS) is 1. The Kier molecular flexibility index (Phi) is 3.66. The largest absolute Gasteiger partial charge is 0.481 e. The number of nitrogens with zero attached hydrogens (tertiary/aromatic N) is 2. The summed E-state index contributed by atoms with van der Waals surface area (Å²) in [6.07, 6.45) is 2.55. The minimum Gasteiger partial charge on any atom is -0.481 e. The van der Waals surface area contributed by atoms with E-state index in [1.54, 1.807) is 0 Å². The van der Waals surface area contributed by atoms with Gasteiger partial charge in [0.1, 0.15) is 5.82 Å². The van der Waals surface area contributed by atoms with Gasteiger partial charge in [0.15, 0.2) is 0 Å². The quantitative estimate of drug-likeness (QED) is 0.922. The van der Waals surface area contributed by atoms with Crippen LogP contribution in [0.3, 0.4) is 0 Å². The molecular weight excluding hydrogens is 288 g/mol. The van der Waals surface area contributed by atoms with Gasteiger partial charge in [0, 0.05) is 12.0 Å². The highest BCUT2D eigenvalue weighted by atomic mass is 35.5. The predicted octanol–water partition coefficient (Wildman–Crippen LogP) is 4.24. The SMILES string of the molecule is CC(C)n1c(C2CCCC2C(=O)O)nc2cccc(Cl)c21. The lowest BCUT2D eigenvalue weighted by molar-refractivity contribution is -0.142. The Morgan fingerprint density at radius 2 is 2.19 bits per heavy atom. The summed E-state index contributed by atoms with van der Waals surface area (Å²) in [6.45, 7) is 4.16. The number of benzene rings is 1. The van der Waals surface area contributed by atoms with E-state index >= 15 is 0 Å². The van der Waals surface area contributed by atoms with Crippen LogP contribution in [0, 0.1) is 5.92 Å². The number of fused-ring (bicyclic) bond motifs is 1. The van der Waals surface area contributed by atoms with E-state index in [2.05, 4.69) is 18.4 Å². The molecule has 0 aliphatic heterocycles. The molecule has 2 aromatic rings. The third kappa shape index (κ3) is 2.31. The maximum Gasteiger partial charge on any atom is 0.307 e. The van der Waals surface area contributed by atoms with Crippen LogP contribution in [0.2, 0.25) is 5.02 Å². The monoisotopic (exact) mass is 306 g/mol. The number of hydrogen-bond acceptors (Lipinski definition) is 2. The highest BCUT2D eigenvalue weighted by Gasteiger charge is 2.37. The van der Waals surface area contributed by atoms with Crippen molar-refractivity contribution < 1.29 is 9.90 Å². The van der Waals surface area contributed by atoms with Gasteiger partial charge in [-0.25, -0.2) is 4.98 Å². The van der Waals surface area contributed by atoms with E-state index in [1.807, 2.05) is 18.2 Å². The minimum absolute atomic E-state index is 0.0200. The van der Waals surface area contributed by atoms with Crippen molar-refractivity contribution >= 4 is 28.6 Å². The molecule has 0 spiro atoms. The molecule has 1 aromatic carbocycles. The molecule has 0 bridgehead atoms. The van der Waals surface area contributed by atoms with E-state index in [0.29, 0.717) is 5.02 Å². The predicted molar refractivity (Wildman–Crippen MR) is 82.8 cm³/mol. The molecule has 112 valence electrons. The minimum atomic E-state index is -0.717. The molecule has 2 atom stereocenters. The van der Waals surface area contributed by atoms with Crippen LogP contribution in [0.4, 0.5) is 0 Å². The highest BCUT2D eigenvalue weighted by molar-refractivity contribution is 6.35. The van der Waals surface area contributed by atoms with Gasteiger partial charge in [-0.2, -0.15) is 0 Å². The van der Waals surface area contributed by atoms with Crippen molar-refractivity contribution in [2.24, 2.45) is 5.92 Å². The van der Waals surface area contributed by atoms with Gasteiger partial charge in [0.2, 0.25) is 0 Å². The lowest BCUT2D eigenvalue weighted by atomic mass is 9.95. The van der Waals surface area contributed by atoms with Gasteiger partial charge >= 0.3 is 5.97 Å². The van der Waals surface area contributed by atoms with Gasteiger partial charge < -0.3 is 9.67 Å². The molecule has 5 heteroatoms. The number of carboxylic acids is 1. The number of carbonyl (C=O) groups is 1. The molecule has 1 aliphatic rings. The molecule has 3 rings (SSSR count). The molecule has 1 aromatic heterocycles. The Morgan fingerprint density at radius 1 is 1.43 bits per heavy atom. The van der Waals surface area contributed by atoms with Gasteiger partial charge in [0.25, 0.3) is 0 Å². The zero-order chi connectivity index (χ0) is 15.1. The van der Waals surface area contributed by atoms with Crippen molar-refractivity contribution in [3.8, 4) is 0 Å². The van der Waals surface area contributed by atoms with Crippen molar-refractivity contribution in [2.75, 3.05) is 0 Å². The Balaban J connectivity index is 2.20. The first-order valence-electron chi connectivity index (χ1n) is 7.40. The van der Waals surface area contributed by atoms with E-state index in [-0.39, 0.29) is 17.9 Å². The Labute approximate surface area is 128 Å². The van der Waals surface area contributed by atoms with Crippen LogP contribution in [0.25, 0.3) is 11.0 Å². The average molecular weight is 307 g/mol. The first kappa shape index (κ1) is 14.4. The van der Waals surface area contributed by atoms with E-state index in [1.165, 1.54) is 0 Å². The summed E-state index contributed by atoms with van der Waals surface area (Å²) in [5.41, 5.74) is 1.77. The summed E-state index contributed by atoms with van der Waals surface area (Å²) in [6, 6.07) is 5.88. The molecule has 1 saturated carbocycles. The summed E-state index contributed by atoms with van der Waals surface area (Å²) in [7, 11) is 0. The molecule has 1 aliphatic carbocycles. The number of hydrogen-bond donors (Lipinski definition) is 1. The number of para-hydroxylation sites is 1. The van der Waals surface area contributed by atoms with Crippen molar-refractivity contribution in [1.29, 1.82) is 0 Å². The van der Waals surface area contributed by atoms with Crippen LogP contribution in [0.5, 0.6) is 0 Å². The maximum absolute atomic E-state index is 11.5. The zero-order valence-electron chi connectivity index (χ0n) is 12.2. The van der Waals surface area contributed by atoms with Crippen molar-refractivity contribution in [2.45, 2.75) is 45.1 Å². The van der Waals surface area contributed by atoms with Gasteiger partial charge in [0.05, 0.1) is 22.0 Å². The Bertz CT molecular complexity index is 693. The second-order valence-corrected chi connectivity index (χ2v) is 6.43. The zero-order valence-corrected chi connectivity index (χ0v) is 13.0. The van der Waals surface area contributed by atoms with Crippen LogP contribution in [0.1, 0.15) is 50.9 Å². The lowest BCUT2D eigenvalue weighted by Gasteiger charge is -2.20. The molecule has 1 heterocycles. The summed E-state index contributed by atoms with van der Waals surface area (Å²) in [4.78, 5) is 16.2. The van der Waals surface area contributed by atoms with Gasteiger partial charge in [-0.05, 0) is 38.8 Å². The Morgan fingerprint density at radius 3 is 2.86 bits per heavy atom. The first-order chi connectivity index (χ1) is 10.0. The van der Waals surface area contributed by atoms with Crippen molar-refractivity contribution in [3.05, 3.63) is 29.0 Å². The summed E-state index contributed by atoms with van der Waals surface area (Å²) < 4.78 is 2.11. The van der Waals surface area contributed by atoms with E-state index in [9.17, 15) is 9.90 Å². The van der Waals surface area contributed by atoms with E-state index in [4.69, 9.17) is 16.6 Å². The summed E-state index contributed by atoms with van der Waals surface area (Å²) >= 11 is 6.35. The van der Waals surface area contributed by atoms with Crippen LogP contribution in [-0.2, 0) is 4.79 Å². The van der Waals surface area contributed by atoms with Crippen LogP contribution in [0.15, 0.2) is 18.2 Å². The average Bonchev–Trinajstić information content (AvgIpc) is 3.02. The number of rotatable bonds is 3. The molecule has 21 heavy (non-hydrogen) atoms. The lowest BCUT2D eigenvalue weighted by Crippen LogP contribution is -2.20. The second-order valence-electron chi connectivity index (χ2n) is 6.02. The maximum atomic E-state index is 11.5. The van der Waals surface area contributed by atoms with E-state index < -0.39 is 5.97 Å². The van der Waals surface area contributed by atoms with Gasteiger partial charge in [-0.1, -0.05) is 24.1 Å². The number of imidazole rings is 1. The molecule has 4 nitrogen and oxygen atoms in total. The fraction of sp³-hybridized carbons (Fsp3) is 0.500. The van der Waals surface area contributed by atoms with E-state index in [0.717, 1.165) is 36.1 Å². The summed E-state index contributed by atoms with van der Waals surface area (Å²) in [5.74, 6) is -0.199. The highest BCUT2D eigenvalue weighted by Crippen LogP contribution is 2.42. The molecule has 0 amide bonds. The number of halogens is 1. The number of aliphatic carboxylic acids is 1. The topological polar surface area (TPSA) is 55.1 Å². The fourth-order valence-corrected chi connectivity index (χ4v) is 3.73. The molecule has 1 N–H and O–H groups in total. The second kappa shape index (κ2) is 5.34. The van der Waals surface area contributed by atoms with Gasteiger partial charge in [-0.3, -0.25) is 4.79 Å². The molecular formula is C16H19ClN2O2. The molecule has 0 saturated heterocycles. The van der Waals surface area contributed by atoms with Crippen LogP contribution >= 0.6 is 11.6 Å². The summed E-state index contributed by atoms with van der Waals surface area (Å²) in [5, 5.41) is 10.1. The van der Waals surface area contributed by atoms with Crippen LogP contribution < -0.4 is 0 Å². The molecule has 0 radical (unpaired) electrons. The van der Waals surface area contributed by atoms with Crippen LogP contribution in [-0.4, -0.2) is 20.6 Å². The standard InChI is InChI=1S/C16H19ClN2O2/c1-9(2)19-14-12(17)7-4-8-13(14)18-15(19)10-5-3-6-11(10)16(20)21/h4,7-11H,3,5-6H2,1-2H3,(H,20,21). The van der Waals surface area contributed by atoms with Crippen molar-refractivity contribution in [1.82, 2.24) is 9.55 Å². The Hall–Kier alpha value is -1.55.